The van der Waals surface area contributed by atoms with Crippen LogP contribution in [0.2, 0.25) is 0 Å². The number of rotatable bonds is 6. The first-order valence-electron chi connectivity index (χ1n) is 5.85. The molecule has 0 unspecified atom stereocenters. The third-order valence-electron chi connectivity index (χ3n) is 2.50. The van der Waals surface area contributed by atoms with Crippen LogP contribution in [-0.4, -0.2) is 31.1 Å². The van der Waals surface area contributed by atoms with Gasteiger partial charge >= 0.3 is 0 Å². The fraction of sp³-hybridized carbons (Fsp3) is 0.538. The van der Waals surface area contributed by atoms with Gasteiger partial charge in [-0.2, -0.15) is 0 Å². The van der Waals surface area contributed by atoms with Gasteiger partial charge in [0, 0.05) is 30.1 Å². The van der Waals surface area contributed by atoms with Crippen molar-refractivity contribution in [1.29, 1.82) is 0 Å². The maximum absolute atomic E-state index is 12.9. The number of nitrogens with one attached hydrogen (secondary N) is 1. The summed E-state index contributed by atoms with van der Waals surface area (Å²) in [5.41, 5.74) is 1.11. The van der Waals surface area contributed by atoms with Crippen LogP contribution in [0.1, 0.15) is 19.4 Å². The molecule has 0 aromatic heterocycles. The maximum atomic E-state index is 12.9. The van der Waals surface area contributed by atoms with Crippen LogP contribution in [0.15, 0.2) is 22.7 Å². The van der Waals surface area contributed by atoms with Crippen LogP contribution in [-0.2, 0) is 6.54 Å². The van der Waals surface area contributed by atoms with E-state index in [1.54, 1.807) is 0 Å². The number of benzene rings is 1. The molecule has 0 aliphatic rings. The van der Waals surface area contributed by atoms with Gasteiger partial charge in [-0.1, -0.05) is 35.8 Å². The number of halogens is 2. The Morgan fingerprint density at radius 1 is 1.41 bits per heavy atom. The molecule has 0 saturated carbocycles. The molecule has 0 atom stereocenters. The fourth-order valence-corrected chi connectivity index (χ4v) is 2.04. The van der Waals surface area contributed by atoms with Crippen LogP contribution in [0.5, 0.6) is 0 Å². The molecule has 96 valence electrons. The molecule has 0 fully saturated rings. The number of hydrogen-bond acceptors (Lipinski definition) is 2. The first-order valence-corrected chi connectivity index (χ1v) is 6.64. The molecule has 1 aromatic carbocycles. The zero-order valence-electron chi connectivity index (χ0n) is 10.6. The molecule has 0 amide bonds. The van der Waals surface area contributed by atoms with Crippen molar-refractivity contribution in [3.05, 3.63) is 34.1 Å². The number of hydrogen-bond donors (Lipinski definition) is 1. The highest BCUT2D eigenvalue weighted by Crippen LogP contribution is 2.19. The second-order valence-electron chi connectivity index (χ2n) is 4.58. The average molecular weight is 303 g/mol. The first-order chi connectivity index (χ1) is 7.99. The summed E-state index contributed by atoms with van der Waals surface area (Å²) in [5.74, 6) is -0.204. The standard InChI is InChI=1S/C13H20BrFN2/c1-10(2)16-6-7-17(3)9-11-4-5-12(15)8-13(11)14/h4-5,8,10,16H,6-7,9H2,1-3H3. The van der Waals surface area contributed by atoms with Gasteiger partial charge in [0.1, 0.15) is 5.82 Å². The summed E-state index contributed by atoms with van der Waals surface area (Å²) in [7, 11) is 2.07. The van der Waals surface area contributed by atoms with Crippen molar-refractivity contribution in [2.75, 3.05) is 20.1 Å². The highest BCUT2D eigenvalue weighted by atomic mass is 79.9. The minimum Gasteiger partial charge on any atom is -0.313 e. The lowest BCUT2D eigenvalue weighted by Gasteiger charge is -2.18. The van der Waals surface area contributed by atoms with E-state index in [1.165, 1.54) is 12.1 Å². The molecular weight excluding hydrogens is 283 g/mol. The van der Waals surface area contributed by atoms with Crippen molar-refractivity contribution in [2.45, 2.75) is 26.4 Å². The van der Waals surface area contributed by atoms with E-state index >= 15 is 0 Å². The molecule has 17 heavy (non-hydrogen) atoms. The van der Waals surface area contributed by atoms with Crippen LogP contribution >= 0.6 is 15.9 Å². The predicted octanol–water partition coefficient (Wildman–Crippen LogP) is 3.02. The summed E-state index contributed by atoms with van der Waals surface area (Å²) in [6, 6.07) is 5.35. The Bertz CT molecular complexity index is 355. The zero-order chi connectivity index (χ0) is 12.8. The van der Waals surface area contributed by atoms with Gasteiger partial charge < -0.3 is 10.2 Å². The van der Waals surface area contributed by atoms with E-state index < -0.39 is 0 Å². The van der Waals surface area contributed by atoms with E-state index in [4.69, 9.17) is 0 Å². The molecule has 1 rings (SSSR count). The van der Waals surface area contributed by atoms with Gasteiger partial charge in [0.25, 0.3) is 0 Å². The molecule has 1 aromatic rings. The van der Waals surface area contributed by atoms with Gasteiger partial charge in [-0.15, -0.1) is 0 Å². The second-order valence-corrected chi connectivity index (χ2v) is 5.44. The quantitative estimate of drug-likeness (QED) is 0.869. The average Bonchev–Trinajstić information content (AvgIpc) is 2.21. The van der Waals surface area contributed by atoms with Crippen LogP contribution in [0.25, 0.3) is 0 Å². The van der Waals surface area contributed by atoms with Crippen molar-refractivity contribution in [1.82, 2.24) is 10.2 Å². The van der Waals surface area contributed by atoms with Crippen molar-refractivity contribution < 1.29 is 4.39 Å². The van der Waals surface area contributed by atoms with Gasteiger partial charge in [0.15, 0.2) is 0 Å². The Balaban J connectivity index is 2.42. The maximum Gasteiger partial charge on any atom is 0.124 e. The molecule has 0 bridgehead atoms. The van der Waals surface area contributed by atoms with E-state index in [1.807, 2.05) is 6.07 Å². The molecule has 0 aliphatic heterocycles. The molecule has 0 spiro atoms. The third kappa shape index (κ3) is 5.61. The van der Waals surface area contributed by atoms with Gasteiger partial charge in [-0.05, 0) is 24.7 Å². The second kappa shape index (κ2) is 7.09. The smallest absolute Gasteiger partial charge is 0.124 e. The van der Waals surface area contributed by atoms with Gasteiger partial charge in [-0.25, -0.2) is 4.39 Å². The molecule has 0 saturated heterocycles. The summed E-state index contributed by atoms with van der Waals surface area (Å²) < 4.78 is 13.8. The van der Waals surface area contributed by atoms with E-state index in [0.29, 0.717) is 6.04 Å². The highest BCUT2D eigenvalue weighted by molar-refractivity contribution is 9.10. The van der Waals surface area contributed by atoms with Gasteiger partial charge in [-0.3, -0.25) is 0 Å². The topological polar surface area (TPSA) is 15.3 Å². The largest absolute Gasteiger partial charge is 0.313 e. The molecule has 0 heterocycles. The third-order valence-corrected chi connectivity index (χ3v) is 3.24. The summed E-state index contributed by atoms with van der Waals surface area (Å²) in [6.07, 6.45) is 0. The van der Waals surface area contributed by atoms with E-state index in [2.05, 4.69) is 47.0 Å². The van der Waals surface area contributed by atoms with Crippen molar-refractivity contribution in [3.8, 4) is 0 Å². The van der Waals surface area contributed by atoms with Crippen molar-refractivity contribution >= 4 is 15.9 Å². The normalized spacial score (nSPS) is 11.5. The van der Waals surface area contributed by atoms with Gasteiger partial charge in [0.2, 0.25) is 0 Å². The summed E-state index contributed by atoms with van der Waals surface area (Å²) in [6.45, 7) is 7.03. The predicted molar refractivity (Wildman–Crippen MR) is 73.6 cm³/mol. The number of nitrogens with zero attached hydrogens (tertiary/aromatic N) is 1. The molecule has 1 N–H and O–H groups in total. The molecule has 4 heteroatoms. The lowest BCUT2D eigenvalue weighted by Crippen LogP contribution is -2.32. The molecular formula is C13H20BrFN2. The summed E-state index contributed by atoms with van der Waals surface area (Å²) in [5, 5.41) is 3.37. The Morgan fingerprint density at radius 3 is 2.71 bits per heavy atom. The Hall–Kier alpha value is -0.450. The van der Waals surface area contributed by atoms with E-state index in [-0.39, 0.29) is 5.82 Å². The fourth-order valence-electron chi connectivity index (χ4n) is 1.56. The lowest BCUT2D eigenvalue weighted by atomic mass is 10.2. The van der Waals surface area contributed by atoms with Crippen LogP contribution in [0, 0.1) is 5.82 Å². The van der Waals surface area contributed by atoms with Crippen LogP contribution < -0.4 is 5.32 Å². The SMILES string of the molecule is CC(C)NCCN(C)Cc1ccc(F)cc1Br. The van der Waals surface area contributed by atoms with Crippen LogP contribution in [0.3, 0.4) is 0 Å². The Labute approximate surface area is 111 Å². The minimum atomic E-state index is -0.204. The van der Waals surface area contributed by atoms with Crippen molar-refractivity contribution in [2.24, 2.45) is 0 Å². The first kappa shape index (κ1) is 14.6. The summed E-state index contributed by atoms with van der Waals surface area (Å²) in [4.78, 5) is 2.22. The Kier molecular flexibility index (Phi) is 6.09. The molecule has 0 radical (unpaired) electrons. The summed E-state index contributed by atoms with van der Waals surface area (Å²) >= 11 is 3.38. The van der Waals surface area contributed by atoms with E-state index in [0.717, 1.165) is 29.7 Å². The lowest BCUT2D eigenvalue weighted by molar-refractivity contribution is 0.319. The Morgan fingerprint density at radius 2 is 2.12 bits per heavy atom. The number of likely N-dealkylation sites (N-methyl/N-ethyl adjacent to an activating group) is 1. The molecule has 0 aliphatic carbocycles. The van der Waals surface area contributed by atoms with Gasteiger partial charge in [0.05, 0.1) is 0 Å². The van der Waals surface area contributed by atoms with Crippen molar-refractivity contribution in [3.63, 3.8) is 0 Å². The monoisotopic (exact) mass is 302 g/mol. The minimum absolute atomic E-state index is 0.204. The zero-order valence-corrected chi connectivity index (χ0v) is 12.2. The highest BCUT2D eigenvalue weighted by Gasteiger charge is 2.05. The molecule has 2 nitrogen and oxygen atoms in total. The van der Waals surface area contributed by atoms with Crippen LogP contribution in [0.4, 0.5) is 4.39 Å². The van der Waals surface area contributed by atoms with E-state index in [9.17, 15) is 4.39 Å².